The van der Waals surface area contributed by atoms with Gasteiger partial charge in [-0.1, -0.05) is 36.4 Å². The lowest BCUT2D eigenvalue weighted by molar-refractivity contribution is 0.0533. The lowest BCUT2D eigenvalue weighted by Crippen LogP contribution is -2.43. The Balaban J connectivity index is 1.71. The number of aromatic amines is 1. The van der Waals surface area contributed by atoms with Gasteiger partial charge in [0.1, 0.15) is 0 Å². The summed E-state index contributed by atoms with van der Waals surface area (Å²) in [5.74, 6) is 0.336. The van der Waals surface area contributed by atoms with Crippen molar-refractivity contribution in [1.82, 2.24) is 15.1 Å². The van der Waals surface area contributed by atoms with Gasteiger partial charge >= 0.3 is 0 Å². The molecule has 1 saturated carbocycles. The van der Waals surface area contributed by atoms with Crippen LogP contribution in [0.2, 0.25) is 0 Å². The van der Waals surface area contributed by atoms with Crippen molar-refractivity contribution in [2.45, 2.75) is 25.4 Å². The molecule has 2 aromatic carbocycles. The van der Waals surface area contributed by atoms with E-state index >= 15 is 0 Å². The fourth-order valence-corrected chi connectivity index (χ4v) is 3.41. The number of rotatable bonds is 6. The summed E-state index contributed by atoms with van der Waals surface area (Å²) in [6.45, 7) is 0.486. The summed E-state index contributed by atoms with van der Waals surface area (Å²) in [4.78, 5) is 15.2. The predicted octanol–water partition coefficient (Wildman–Crippen LogP) is 2.98. The van der Waals surface area contributed by atoms with E-state index in [1.807, 2.05) is 53.4 Å². The van der Waals surface area contributed by atoms with Crippen LogP contribution in [0.15, 0.2) is 54.7 Å². The second-order valence-corrected chi connectivity index (χ2v) is 6.64. The topological polar surface area (TPSA) is 69.2 Å². The number of benzene rings is 2. The van der Waals surface area contributed by atoms with Gasteiger partial charge in [0.15, 0.2) is 0 Å². The van der Waals surface area contributed by atoms with Crippen molar-refractivity contribution in [3.05, 3.63) is 65.9 Å². The van der Waals surface area contributed by atoms with Gasteiger partial charge in [0.25, 0.3) is 5.91 Å². The molecule has 0 bridgehead atoms. The van der Waals surface area contributed by atoms with Crippen molar-refractivity contribution in [3.63, 3.8) is 0 Å². The molecule has 0 spiro atoms. The number of carbonyl (C=O) groups is 1. The number of carbonyl (C=O) groups excluding carboxylic acids is 1. The van der Waals surface area contributed by atoms with Crippen LogP contribution in [0.5, 0.6) is 0 Å². The molecule has 0 aliphatic heterocycles. The molecular weight excluding hydrogens is 314 g/mol. The average molecular weight is 335 g/mol. The van der Waals surface area contributed by atoms with Gasteiger partial charge in [0, 0.05) is 11.9 Å². The van der Waals surface area contributed by atoms with E-state index in [2.05, 4.69) is 10.2 Å². The van der Waals surface area contributed by atoms with Gasteiger partial charge in [-0.2, -0.15) is 5.10 Å². The minimum atomic E-state index is -0.144. The zero-order valence-corrected chi connectivity index (χ0v) is 13.9. The maximum atomic E-state index is 13.4. The molecule has 1 aliphatic carbocycles. The Morgan fingerprint density at radius 2 is 2.00 bits per heavy atom. The highest BCUT2D eigenvalue weighted by atomic mass is 16.3. The van der Waals surface area contributed by atoms with Gasteiger partial charge < -0.3 is 10.0 Å². The third-order valence-corrected chi connectivity index (χ3v) is 4.93. The normalized spacial score (nSPS) is 15.2. The van der Waals surface area contributed by atoms with E-state index in [-0.39, 0.29) is 18.6 Å². The molecule has 0 radical (unpaired) electrons. The molecule has 128 valence electrons. The highest BCUT2D eigenvalue weighted by Gasteiger charge is 2.37. The van der Waals surface area contributed by atoms with E-state index in [0.717, 1.165) is 29.3 Å². The second-order valence-electron chi connectivity index (χ2n) is 6.64. The summed E-state index contributed by atoms with van der Waals surface area (Å²) < 4.78 is 0. The summed E-state index contributed by atoms with van der Waals surface area (Å²) in [6, 6.07) is 15.4. The number of aromatic nitrogens is 2. The first-order valence-corrected chi connectivity index (χ1v) is 8.66. The average Bonchev–Trinajstić information content (AvgIpc) is 3.37. The Bertz CT molecular complexity index is 871. The molecule has 5 heteroatoms. The SMILES string of the molecule is O=C(c1cccc2[nH]ncc12)N(Cc1ccccc1)C(CO)C1CC1. The van der Waals surface area contributed by atoms with Gasteiger partial charge in [0.05, 0.1) is 29.9 Å². The van der Waals surface area contributed by atoms with Crippen LogP contribution in [0.4, 0.5) is 0 Å². The molecule has 3 aromatic rings. The van der Waals surface area contributed by atoms with E-state index in [0.29, 0.717) is 18.0 Å². The molecule has 1 amide bonds. The van der Waals surface area contributed by atoms with Gasteiger partial charge in [0.2, 0.25) is 0 Å². The van der Waals surface area contributed by atoms with E-state index < -0.39 is 0 Å². The number of aliphatic hydroxyl groups excluding tert-OH is 1. The van der Waals surface area contributed by atoms with Crippen molar-refractivity contribution < 1.29 is 9.90 Å². The fraction of sp³-hybridized carbons (Fsp3) is 0.300. The summed E-state index contributed by atoms with van der Waals surface area (Å²) in [5, 5.41) is 17.7. The number of aliphatic hydroxyl groups is 1. The van der Waals surface area contributed by atoms with Crippen LogP contribution in [0, 0.1) is 5.92 Å². The first-order chi connectivity index (χ1) is 12.3. The number of H-pyrrole nitrogens is 1. The number of nitrogens with zero attached hydrogens (tertiary/aromatic N) is 2. The molecule has 1 aromatic heterocycles. The number of amides is 1. The first kappa shape index (κ1) is 15.8. The summed E-state index contributed by atoms with van der Waals surface area (Å²) in [7, 11) is 0. The third kappa shape index (κ3) is 3.15. The van der Waals surface area contributed by atoms with E-state index in [1.165, 1.54) is 0 Å². The zero-order valence-electron chi connectivity index (χ0n) is 13.9. The van der Waals surface area contributed by atoms with Crippen molar-refractivity contribution in [3.8, 4) is 0 Å². The fourth-order valence-electron chi connectivity index (χ4n) is 3.41. The van der Waals surface area contributed by atoms with Crippen LogP contribution in [0.25, 0.3) is 10.9 Å². The molecular formula is C20H21N3O2. The number of nitrogens with one attached hydrogen (secondary N) is 1. The molecule has 4 rings (SSSR count). The molecule has 0 saturated heterocycles. The van der Waals surface area contributed by atoms with Crippen LogP contribution in [-0.2, 0) is 6.54 Å². The van der Waals surface area contributed by atoms with Crippen LogP contribution in [0.1, 0.15) is 28.8 Å². The second kappa shape index (κ2) is 6.69. The molecule has 1 atom stereocenters. The maximum Gasteiger partial charge on any atom is 0.255 e. The van der Waals surface area contributed by atoms with E-state index in [4.69, 9.17) is 0 Å². The Hall–Kier alpha value is -2.66. The lowest BCUT2D eigenvalue weighted by Gasteiger charge is -2.31. The number of hydrogen-bond donors (Lipinski definition) is 2. The Morgan fingerprint density at radius 3 is 2.72 bits per heavy atom. The molecule has 1 aliphatic rings. The zero-order chi connectivity index (χ0) is 17.2. The van der Waals surface area contributed by atoms with Crippen molar-refractivity contribution in [2.75, 3.05) is 6.61 Å². The Labute approximate surface area is 146 Å². The highest BCUT2D eigenvalue weighted by molar-refractivity contribution is 6.06. The van der Waals surface area contributed by atoms with Gasteiger partial charge in [-0.15, -0.1) is 0 Å². The predicted molar refractivity (Wildman–Crippen MR) is 96.0 cm³/mol. The molecule has 1 heterocycles. The van der Waals surface area contributed by atoms with Gasteiger partial charge in [-0.25, -0.2) is 0 Å². The highest BCUT2D eigenvalue weighted by Crippen LogP contribution is 2.36. The van der Waals surface area contributed by atoms with Crippen molar-refractivity contribution >= 4 is 16.8 Å². The maximum absolute atomic E-state index is 13.4. The molecule has 25 heavy (non-hydrogen) atoms. The summed E-state index contributed by atoms with van der Waals surface area (Å²) in [5.41, 5.74) is 2.54. The Kier molecular flexibility index (Phi) is 4.24. The van der Waals surface area contributed by atoms with Crippen LogP contribution in [-0.4, -0.2) is 38.8 Å². The van der Waals surface area contributed by atoms with Crippen LogP contribution >= 0.6 is 0 Å². The lowest BCUT2D eigenvalue weighted by atomic mass is 10.0. The summed E-state index contributed by atoms with van der Waals surface area (Å²) in [6.07, 6.45) is 3.83. The molecule has 1 unspecified atom stereocenters. The largest absolute Gasteiger partial charge is 0.394 e. The molecule has 1 fully saturated rings. The quantitative estimate of drug-likeness (QED) is 0.727. The van der Waals surface area contributed by atoms with Crippen molar-refractivity contribution in [2.24, 2.45) is 5.92 Å². The van der Waals surface area contributed by atoms with Gasteiger partial charge in [-0.3, -0.25) is 9.89 Å². The van der Waals surface area contributed by atoms with Crippen molar-refractivity contribution in [1.29, 1.82) is 0 Å². The van der Waals surface area contributed by atoms with E-state index in [9.17, 15) is 9.90 Å². The standard InChI is InChI=1S/C20H21N3O2/c24-13-19(15-9-10-15)23(12-14-5-2-1-3-6-14)20(25)16-7-4-8-18-17(16)11-21-22-18/h1-8,11,15,19,24H,9-10,12-13H2,(H,21,22). The minimum Gasteiger partial charge on any atom is -0.394 e. The monoisotopic (exact) mass is 335 g/mol. The molecule has 2 N–H and O–H groups in total. The first-order valence-electron chi connectivity index (χ1n) is 8.66. The Morgan fingerprint density at radius 1 is 1.20 bits per heavy atom. The number of fused-ring (bicyclic) bond motifs is 1. The van der Waals surface area contributed by atoms with Gasteiger partial charge in [-0.05, 0) is 36.5 Å². The van der Waals surface area contributed by atoms with Crippen LogP contribution < -0.4 is 0 Å². The van der Waals surface area contributed by atoms with Crippen LogP contribution in [0.3, 0.4) is 0 Å². The van der Waals surface area contributed by atoms with E-state index in [1.54, 1.807) is 6.20 Å². The smallest absolute Gasteiger partial charge is 0.255 e. The third-order valence-electron chi connectivity index (χ3n) is 4.93. The molecule has 5 nitrogen and oxygen atoms in total. The summed E-state index contributed by atoms with van der Waals surface area (Å²) >= 11 is 0. The minimum absolute atomic E-state index is 0.00932. The number of hydrogen-bond acceptors (Lipinski definition) is 3.